The molecule has 2 aromatic rings. The summed E-state index contributed by atoms with van der Waals surface area (Å²) in [6.45, 7) is 0.449. The monoisotopic (exact) mass is 374 g/mol. The van der Waals surface area contributed by atoms with Crippen LogP contribution < -0.4 is 9.47 Å². The molecule has 0 aliphatic carbocycles. The number of ether oxygens (including phenoxy) is 2. The number of thioether (sulfide) groups is 1. The van der Waals surface area contributed by atoms with E-state index >= 15 is 0 Å². The highest BCUT2D eigenvalue weighted by atomic mass is 32.2. The Hall–Kier alpha value is -2.12. The van der Waals surface area contributed by atoms with Gasteiger partial charge in [-0.1, -0.05) is 30.0 Å². The first kappa shape index (κ1) is 17.7. The van der Waals surface area contributed by atoms with Gasteiger partial charge < -0.3 is 9.47 Å². The highest BCUT2D eigenvalue weighted by Gasteiger charge is 2.37. The molecule has 1 aliphatic rings. The molecule has 1 saturated heterocycles. The Morgan fingerprint density at radius 2 is 2.12 bits per heavy atom. The average molecular weight is 374 g/mol. The lowest BCUT2D eigenvalue weighted by Gasteiger charge is -2.16. The molecule has 130 valence electrons. The number of methoxy groups -OCH3 is 2. The Balaban J connectivity index is 1.76. The number of carbonyl (C=O) groups excluding carboxylic acids is 1. The van der Waals surface area contributed by atoms with Crippen molar-refractivity contribution in [2.24, 2.45) is 0 Å². The molecule has 1 aromatic heterocycles. The van der Waals surface area contributed by atoms with Crippen LogP contribution in [0.2, 0.25) is 0 Å². The highest BCUT2D eigenvalue weighted by Crippen LogP contribution is 2.34. The van der Waals surface area contributed by atoms with Crippen LogP contribution in [0.3, 0.4) is 0 Å². The molecule has 1 atom stereocenters. The predicted octanol–water partition coefficient (Wildman–Crippen LogP) is 3.07. The maximum absolute atomic E-state index is 12.8. The van der Waals surface area contributed by atoms with Crippen molar-refractivity contribution in [3.63, 3.8) is 0 Å². The number of hydrogen-bond donors (Lipinski definition) is 0. The van der Waals surface area contributed by atoms with Gasteiger partial charge in [-0.05, 0) is 41.8 Å². The van der Waals surface area contributed by atoms with E-state index in [1.165, 1.54) is 11.8 Å². The van der Waals surface area contributed by atoms with Crippen LogP contribution in [0, 0.1) is 0 Å². The van der Waals surface area contributed by atoms with Crippen molar-refractivity contribution in [2.75, 3.05) is 14.2 Å². The molecule has 0 spiro atoms. The van der Waals surface area contributed by atoms with E-state index in [1.807, 2.05) is 30.3 Å². The van der Waals surface area contributed by atoms with Gasteiger partial charge in [-0.15, -0.1) is 0 Å². The summed E-state index contributed by atoms with van der Waals surface area (Å²) in [5.41, 5.74) is 1.89. The summed E-state index contributed by atoms with van der Waals surface area (Å²) in [4.78, 5) is 18.5. The van der Waals surface area contributed by atoms with Gasteiger partial charge in [-0.2, -0.15) is 0 Å². The molecule has 7 heteroatoms. The number of benzene rings is 1. The van der Waals surface area contributed by atoms with Crippen molar-refractivity contribution in [1.82, 2.24) is 9.88 Å². The van der Waals surface area contributed by atoms with Gasteiger partial charge in [0.05, 0.1) is 26.0 Å². The SMILES string of the molecule is COc1ccc(OC)c(C[C@H]2SC(=S)N(Cc3cccnc3)C2=O)c1. The van der Waals surface area contributed by atoms with Crippen LogP contribution in [0.1, 0.15) is 11.1 Å². The summed E-state index contributed by atoms with van der Waals surface area (Å²) >= 11 is 6.83. The number of carbonyl (C=O) groups is 1. The van der Waals surface area contributed by atoms with Crippen molar-refractivity contribution < 1.29 is 14.3 Å². The van der Waals surface area contributed by atoms with Gasteiger partial charge in [0.2, 0.25) is 5.91 Å². The first-order chi connectivity index (χ1) is 12.1. The zero-order chi connectivity index (χ0) is 17.8. The molecule has 0 bridgehead atoms. The molecule has 1 aromatic carbocycles. The number of thiocarbonyl (C=S) groups is 1. The van der Waals surface area contributed by atoms with Crippen molar-refractivity contribution in [2.45, 2.75) is 18.2 Å². The van der Waals surface area contributed by atoms with Gasteiger partial charge in [-0.25, -0.2) is 0 Å². The molecule has 3 rings (SSSR count). The van der Waals surface area contributed by atoms with E-state index in [2.05, 4.69) is 4.98 Å². The average Bonchev–Trinajstić information content (AvgIpc) is 2.90. The van der Waals surface area contributed by atoms with Crippen molar-refractivity contribution in [3.05, 3.63) is 53.9 Å². The van der Waals surface area contributed by atoms with Crippen LogP contribution in [-0.2, 0) is 17.8 Å². The molecule has 0 radical (unpaired) electrons. The summed E-state index contributed by atoms with van der Waals surface area (Å²) in [7, 11) is 3.24. The zero-order valence-corrected chi connectivity index (χ0v) is 15.6. The number of amides is 1. The maximum atomic E-state index is 12.8. The molecule has 1 amide bonds. The topological polar surface area (TPSA) is 51.7 Å². The Kier molecular flexibility index (Phi) is 5.55. The van der Waals surface area contributed by atoms with E-state index in [-0.39, 0.29) is 11.2 Å². The molecular formula is C18H18N2O3S2. The lowest BCUT2D eigenvalue weighted by molar-refractivity contribution is -0.126. The van der Waals surface area contributed by atoms with Gasteiger partial charge in [-0.3, -0.25) is 14.7 Å². The highest BCUT2D eigenvalue weighted by molar-refractivity contribution is 8.24. The lowest BCUT2D eigenvalue weighted by atomic mass is 10.1. The van der Waals surface area contributed by atoms with Crippen molar-refractivity contribution in [3.8, 4) is 11.5 Å². The maximum Gasteiger partial charge on any atom is 0.242 e. The van der Waals surface area contributed by atoms with E-state index in [4.69, 9.17) is 21.7 Å². The Morgan fingerprint density at radius 1 is 1.28 bits per heavy atom. The van der Waals surface area contributed by atoms with Crippen LogP contribution >= 0.6 is 24.0 Å². The van der Waals surface area contributed by atoms with Crippen molar-refractivity contribution >= 4 is 34.2 Å². The molecule has 1 aliphatic heterocycles. The van der Waals surface area contributed by atoms with Crippen LogP contribution in [0.4, 0.5) is 0 Å². The molecule has 5 nitrogen and oxygen atoms in total. The second kappa shape index (κ2) is 7.84. The molecule has 0 unspecified atom stereocenters. The van der Waals surface area contributed by atoms with Gasteiger partial charge in [0.1, 0.15) is 15.8 Å². The molecule has 25 heavy (non-hydrogen) atoms. The number of rotatable bonds is 6. The molecular weight excluding hydrogens is 356 g/mol. The minimum Gasteiger partial charge on any atom is -0.497 e. The fraction of sp³-hybridized carbons (Fsp3) is 0.278. The second-order valence-electron chi connectivity index (χ2n) is 5.54. The summed E-state index contributed by atoms with van der Waals surface area (Å²) < 4.78 is 11.3. The summed E-state index contributed by atoms with van der Waals surface area (Å²) in [5.74, 6) is 1.50. The van der Waals surface area contributed by atoms with Crippen molar-refractivity contribution in [1.29, 1.82) is 0 Å². The smallest absolute Gasteiger partial charge is 0.242 e. The quantitative estimate of drug-likeness (QED) is 0.725. The van der Waals surface area contributed by atoms with E-state index in [0.717, 1.165) is 22.6 Å². The molecule has 1 fully saturated rings. The van der Waals surface area contributed by atoms with E-state index in [1.54, 1.807) is 31.5 Å². The van der Waals surface area contributed by atoms with E-state index < -0.39 is 0 Å². The third kappa shape index (κ3) is 3.93. The lowest BCUT2D eigenvalue weighted by Crippen LogP contribution is -2.31. The molecule has 0 N–H and O–H groups in total. The first-order valence-electron chi connectivity index (χ1n) is 7.74. The van der Waals surface area contributed by atoms with E-state index in [9.17, 15) is 4.79 Å². The fourth-order valence-corrected chi connectivity index (χ4v) is 4.21. The zero-order valence-electron chi connectivity index (χ0n) is 14.0. The normalized spacial score (nSPS) is 17.0. The van der Waals surface area contributed by atoms with Crippen LogP contribution in [0.15, 0.2) is 42.7 Å². The minimum atomic E-state index is -0.259. The molecule has 2 heterocycles. The van der Waals surface area contributed by atoms with Gasteiger partial charge in [0, 0.05) is 12.4 Å². The Morgan fingerprint density at radius 3 is 2.80 bits per heavy atom. The van der Waals surface area contributed by atoms with Crippen LogP contribution in [-0.4, -0.2) is 39.6 Å². The number of pyridine rings is 1. The summed E-state index contributed by atoms with van der Waals surface area (Å²) in [5, 5.41) is -0.259. The van der Waals surface area contributed by atoms with Crippen LogP contribution in [0.25, 0.3) is 0 Å². The minimum absolute atomic E-state index is 0.0173. The fourth-order valence-electron chi connectivity index (χ4n) is 2.69. The number of nitrogens with zero attached hydrogens (tertiary/aromatic N) is 2. The molecule has 0 saturated carbocycles. The largest absolute Gasteiger partial charge is 0.497 e. The summed E-state index contributed by atoms with van der Waals surface area (Å²) in [6.07, 6.45) is 3.99. The second-order valence-corrected chi connectivity index (χ2v) is 7.38. The number of hydrogen-bond acceptors (Lipinski definition) is 6. The van der Waals surface area contributed by atoms with Gasteiger partial charge >= 0.3 is 0 Å². The van der Waals surface area contributed by atoms with E-state index in [0.29, 0.717) is 17.3 Å². The Labute approximate surface area is 156 Å². The Bertz CT molecular complexity index is 783. The predicted molar refractivity (Wildman–Crippen MR) is 102 cm³/mol. The van der Waals surface area contributed by atoms with Gasteiger partial charge in [0.25, 0.3) is 0 Å². The standard InChI is InChI=1S/C18H18N2O3S2/c1-22-14-5-6-15(23-2)13(8-14)9-16-17(21)20(18(24)25-16)11-12-4-3-7-19-10-12/h3-8,10,16H,9,11H2,1-2H3/t16-/m1/s1. The van der Waals surface area contributed by atoms with Gasteiger partial charge in [0.15, 0.2) is 0 Å². The third-order valence-electron chi connectivity index (χ3n) is 3.96. The number of aromatic nitrogens is 1. The van der Waals surface area contributed by atoms with Crippen LogP contribution in [0.5, 0.6) is 11.5 Å². The first-order valence-corrected chi connectivity index (χ1v) is 9.03. The third-order valence-corrected chi connectivity index (χ3v) is 5.55. The summed E-state index contributed by atoms with van der Waals surface area (Å²) in [6, 6.07) is 9.38.